The molecule has 0 aliphatic carbocycles. The fourth-order valence-corrected chi connectivity index (χ4v) is 2.14. The molecule has 0 radical (unpaired) electrons. The molecule has 1 atom stereocenters. The van der Waals surface area contributed by atoms with E-state index in [9.17, 15) is 14.0 Å². The van der Waals surface area contributed by atoms with Crippen molar-refractivity contribution in [2.45, 2.75) is 45.6 Å². The standard InChI is InChI=1S/C17H25FN2O2.ClH/c1-4-17(19,5-2)11-20-15(21)9-12(3)16(22)13-7-6-8-14(18)10-13;/h6-8,10,12H,4-5,9,11,19H2,1-3H3,(H,20,21);1H. The Morgan fingerprint density at radius 1 is 1.30 bits per heavy atom. The minimum atomic E-state index is -0.503. The lowest BCUT2D eigenvalue weighted by Crippen LogP contribution is -2.49. The molecule has 1 amide bonds. The first kappa shape index (κ1) is 21.5. The topological polar surface area (TPSA) is 72.2 Å². The summed E-state index contributed by atoms with van der Waals surface area (Å²) < 4.78 is 13.1. The van der Waals surface area contributed by atoms with Crippen molar-refractivity contribution in [3.05, 3.63) is 35.6 Å². The van der Waals surface area contributed by atoms with Crippen LogP contribution in [-0.2, 0) is 4.79 Å². The second-order valence-electron chi connectivity index (χ2n) is 5.83. The van der Waals surface area contributed by atoms with Crippen molar-refractivity contribution < 1.29 is 14.0 Å². The molecule has 0 spiro atoms. The van der Waals surface area contributed by atoms with Crippen molar-refractivity contribution in [3.63, 3.8) is 0 Å². The highest BCUT2D eigenvalue weighted by Crippen LogP contribution is 2.14. The van der Waals surface area contributed by atoms with Crippen molar-refractivity contribution in [2.24, 2.45) is 11.7 Å². The van der Waals surface area contributed by atoms with Crippen molar-refractivity contribution in [2.75, 3.05) is 6.54 Å². The molecule has 0 saturated carbocycles. The fraction of sp³-hybridized carbons (Fsp3) is 0.529. The van der Waals surface area contributed by atoms with Crippen LogP contribution >= 0.6 is 12.4 Å². The summed E-state index contributed by atoms with van der Waals surface area (Å²) >= 11 is 0. The van der Waals surface area contributed by atoms with Gasteiger partial charge in [0.15, 0.2) is 5.78 Å². The summed E-state index contributed by atoms with van der Waals surface area (Å²) in [5.41, 5.74) is 6.00. The van der Waals surface area contributed by atoms with Gasteiger partial charge in [-0.2, -0.15) is 0 Å². The van der Waals surface area contributed by atoms with Crippen molar-refractivity contribution in [1.82, 2.24) is 5.32 Å². The van der Waals surface area contributed by atoms with E-state index in [1.807, 2.05) is 13.8 Å². The van der Waals surface area contributed by atoms with E-state index in [-0.39, 0.29) is 36.1 Å². The smallest absolute Gasteiger partial charge is 0.220 e. The molecule has 6 heteroatoms. The minimum absolute atomic E-state index is 0. The Labute approximate surface area is 143 Å². The number of hydrogen-bond donors (Lipinski definition) is 2. The molecule has 130 valence electrons. The van der Waals surface area contributed by atoms with Gasteiger partial charge in [-0.15, -0.1) is 12.4 Å². The Hall–Kier alpha value is -1.46. The summed E-state index contributed by atoms with van der Waals surface area (Å²) in [5, 5.41) is 2.78. The number of amides is 1. The van der Waals surface area contributed by atoms with Gasteiger partial charge in [0.25, 0.3) is 0 Å². The molecule has 1 rings (SSSR count). The number of carbonyl (C=O) groups excluding carboxylic acids is 2. The fourth-order valence-electron chi connectivity index (χ4n) is 2.14. The molecule has 0 aliphatic heterocycles. The van der Waals surface area contributed by atoms with Gasteiger partial charge in [-0.1, -0.05) is 32.9 Å². The van der Waals surface area contributed by atoms with Gasteiger partial charge in [-0.05, 0) is 25.0 Å². The lowest BCUT2D eigenvalue weighted by atomic mass is 9.93. The number of ketones is 1. The quantitative estimate of drug-likeness (QED) is 0.712. The number of nitrogens with two attached hydrogens (primary N) is 1. The normalized spacial score (nSPS) is 12.2. The van der Waals surface area contributed by atoms with E-state index in [1.54, 1.807) is 13.0 Å². The zero-order chi connectivity index (χ0) is 16.8. The molecule has 1 aromatic rings. The summed E-state index contributed by atoms with van der Waals surface area (Å²) in [6, 6.07) is 5.51. The maximum atomic E-state index is 13.1. The second-order valence-corrected chi connectivity index (χ2v) is 5.83. The maximum absolute atomic E-state index is 13.1. The highest BCUT2D eigenvalue weighted by atomic mass is 35.5. The molecule has 3 N–H and O–H groups in total. The zero-order valence-corrected chi connectivity index (χ0v) is 14.7. The van der Waals surface area contributed by atoms with Crippen LogP contribution in [0.5, 0.6) is 0 Å². The lowest BCUT2D eigenvalue weighted by Gasteiger charge is -2.27. The van der Waals surface area contributed by atoms with Crippen LogP contribution < -0.4 is 11.1 Å². The molecule has 1 unspecified atom stereocenters. The van der Waals surface area contributed by atoms with Gasteiger partial charge in [0, 0.05) is 30.0 Å². The van der Waals surface area contributed by atoms with Crippen LogP contribution in [0.3, 0.4) is 0 Å². The summed E-state index contributed by atoms with van der Waals surface area (Å²) in [6.07, 6.45) is 1.60. The molecule has 4 nitrogen and oxygen atoms in total. The summed E-state index contributed by atoms with van der Waals surface area (Å²) in [7, 11) is 0. The largest absolute Gasteiger partial charge is 0.354 e. The predicted molar refractivity (Wildman–Crippen MR) is 92.3 cm³/mol. The third kappa shape index (κ3) is 6.67. The molecule has 1 aromatic carbocycles. The van der Waals surface area contributed by atoms with E-state index in [4.69, 9.17) is 5.73 Å². The lowest BCUT2D eigenvalue weighted by molar-refractivity contribution is -0.121. The van der Waals surface area contributed by atoms with Gasteiger partial charge in [0.05, 0.1) is 0 Å². The van der Waals surface area contributed by atoms with Gasteiger partial charge >= 0.3 is 0 Å². The molecular formula is C17H26ClFN2O2. The number of carbonyl (C=O) groups is 2. The Kier molecular flexibility index (Phi) is 9.02. The van der Waals surface area contributed by atoms with Gasteiger partial charge in [-0.3, -0.25) is 9.59 Å². The number of benzene rings is 1. The third-order valence-corrected chi connectivity index (χ3v) is 4.09. The molecular weight excluding hydrogens is 319 g/mol. The summed E-state index contributed by atoms with van der Waals surface area (Å²) in [4.78, 5) is 24.1. The Morgan fingerprint density at radius 3 is 2.43 bits per heavy atom. The molecule has 23 heavy (non-hydrogen) atoms. The highest BCUT2D eigenvalue weighted by molar-refractivity contribution is 5.99. The SMILES string of the molecule is CCC(N)(CC)CNC(=O)CC(C)C(=O)c1cccc(F)c1.Cl. The maximum Gasteiger partial charge on any atom is 0.220 e. The van der Waals surface area contributed by atoms with Crippen molar-refractivity contribution in [1.29, 1.82) is 0 Å². The van der Waals surface area contributed by atoms with Crippen molar-refractivity contribution >= 4 is 24.1 Å². The van der Waals surface area contributed by atoms with Crippen LogP contribution in [0.4, 0.5) is 4.39 Å². The van der Waals surface area contributed by atoms with Crippen molar-refractivity contribution in [3.8, 4) is 0 Å². The molecule has 0 aliphatic rings. The summed E-state index contributed by atoms with van der Waals surface area (Å²) in [5.74, 6) is -1.41. The van der Waals surface area contributed by atoms with Gasteiger partial charge in [0.1, 0.15) is 5.82 Å². The van der Waals surface area contributed by atoms with Gasteiger partial charge in [0.2, 0.25) is 5.91 Å². The van der Waals surface area contributed by atoms with E-state index in [2.05, 4.69) is 5.32 Å². The molecule has 0 bridgehead atoms. The van der Waals surface area contributed by atoms with Crippen LogP contribution in [0, 0.1) is 11.7 Å². The van der Waals surface area contributed by atoms with Crippen LogP contribution in [0.2, 0.25) is 0 Å². The van der Waals surface area contributed by atoms with E-state index >= 15 is 0 Å². The van der Waals surface area contributed by atoms with Crippen LogP contribution in [0.25, 0.3) is 0 Å². The highest BCUT2D eigenvalue weighted by Gasteiger charge is 2.23. The first-order chi connectivity index (χ1) is 10.3. The average Bonchev–Trinajstić information content (AvgIpc) is 2.51. The monoisotopic (exact) mass is 344 g/mol. The second kappa shape index (κ2) is 9.63. The number of hydrogen-bond acceptors (Lipinski definition) is 3. The van der Waals surface area contributed by atoms with Gasteiger partial charge in [-0.25, -0.2) is 4.39 Å². The van der Waals surface area contributed by atoms with E-state index < -0.39 is 17.3 Å². The van der Waals surface area contributed by atoms with Crippen LogP contribution in [0.1, 0.15) is 50.4 Å². The van der Waals surface area contributed by atoms with Crippen LogP contribution in [0.15, 0.2) is 24.3 Å². The number of rotatable bonds is 8. The molecule has 0 heterocycles. The first-order valence-corrected chi connectivity index (χ1v) is 7.66. The molecule has 0 fully saturated rings. The van der Waals surface area contributed by atoms with Crippen LogP contribution in [-0.4, -0.2) is 23.8 Å². The van der Waals surface area contributed by atoms with Gasteiger partial charge < -0.3 is 11.1 Å². The zero-order valence-electron chi connectivity index (χ0n) is 13.9. The first-order valence-electron chi connectivity index (χ1n) is 7.66. The third-order valence-electron chi connectivity index (χ3n) is 4.09. The van der Waals surface area contributed by atoms with E-state index in [0.717, 1.165) is 12.8 Å². The summed E-state index contributed by atoms with van der Waals surface area (Å²) in [6.45, 7) is 6.01. The Morgan fingerprint density at radius 2 is 1.91 bits per heavy atom. The minimum Gasteiger partial charge on any atom is -0.354 e. The Balaban J connectivity index is 0.00000484. The number of nitrogens with one attached hydrogen (secondary N) is 1. The van der Waals surface area contributed by atoms with E-state index in [1.165, 1.54) is 18.2 Å². The average molecular weight is 345 g/mol. The number of Topliss-reactive ketones (excluding diaryl/α,β-unsaturated/α-hetero) is 1. The number of halogens is 2. The van der Waals surface area contributed by atoms with E-state index in [0.29, 0.717) is 6.54 Å². The predicted octanol–water partition coefficient (Wildman–Crippen LogP) is 3.09. The molecule has 0 saturated heterocycles. The molecule has 0 aromatic heterocycles. The Bertz CT molecular complexity index is 533.